The third kappa shape index (κ3) is 2.68. The van der Waals surface area contributed by atoms with E-state index in [0.717, 1.165) is 19.1 Å². The van der Waals surface area contributed by atoms with Crippen molar-refractivity contribution >= 4 is 31.6 Å². The van der Waals surface area contributed by atoms with E-state index in [2.05, 4.69) is 69.3 Å². The fourth-order valence-electron chi connectivity index (χ4n) is 3.79. The molecule has 0 aromatic heterocycles. The van der Waals surface area contributed by atoms with Crippen LogP contribution in [0.3, 0.4) is 0 Å². The lowest BCUT2D eigenvalue weighted by molar-refractivity contribution is -0.113. The lowest BCUT2D eigenvalue weighted by Crippen LogP contribution is -2.50. The Morgan fingerprint density at radius 2 is 1.35 bits per heavy atom. The van der Waals surface area contributed by atoms with Gasteiger partial charge in [0.1, 0.15) is 6.29 Å². The van der Waals surface area contributed by atoms with E-state index in [9.17, 15) is 4.79 Å². The number of rotatable bonds is 4. The molecular formula is C20H23BOP. The van der Waals surface area contributed by atoms with Gasteiger partial charge in [0, 0.05) is 21.7 Å². The SMILES string of the molecule is [B-][P+](c1ccc(C)cc1)(c1ccc(C)cc1)C1(C)CC(C=O)C1. The molecule has 3 rings (SSSR count). The van der Waals surface area contributed by atoms with Gasteiger partial charge >= 0.3 is 0 Å². The second-order valence-corrected chi connectivity index (χ2v) is 10.8. The number of benzene rings is 2. The van der Waals surface area contributed by atoms with Crippen LogP contribution in [0.5, 0.6) is 0 Å². The van der Waals surface area contributed by atoms with E-state index in [-0.39, 0.29) is 11.1 Å². The summed E-state index contributed by atoms with van der Waals surface area (Å²) in [6.07, 6.45) is 2.88. The van der Waals surface area contributed by atoms with E-state index in [1.54, 1.807) is 0 Å². The number of carbonyl (C=O) groups is 1. The highest BCUT2D eigenvalue weighted by atomic mass is 31.2. The van der Waals surface area contributed by atoms with Crippen molar-refractivity contribution in [3.05, 3.63) is 59.7 Å². The van der Waals surface area contributed by atoms with Crippen LogP contribution in [0.4, 0.5) is 0 Å². The van der Waals surface area contributed by atoms with Crippen LogP contribution in [0, 0.1) is 19.8 Å². The third-order valence-electron chi connectivity index (χ3n) is 5.33. The molecule has 0 aliphatic heterocycles. The van der Waals surface area contributed by atoms with Gasteiger partial charge in [0.2, 0.25) is 0 Å². The molecular weight excluding hydrogens is 298 g/mol. The van der Waals surface area contributed by atoms with Crippen LogP contribution >= 0.6 is 7.14 Å². The topological polar surface area (TPSA) is 17.1 Å². The van der Waals surface area contributed by atoms with Crippen LogP contribution in [-0.4, -0.2) is 19.0 Å². The van der Waals surface area contributed by atoms with Crippen molar-refractivity contribution in [3.8, 4) is 0 Å². The number of hydrogen-bond donors (Lipinski definition) is 0. The van der Waals surface area contributed by atoms with Gasteiger partial charge in [0.25, 0.3) is 0 Å². The monoisotopic (exact) mass is 321 g/mol. The minimum Gasteiger partial charge on any atom is -0.303 e. The summed E-state index contributed by atoms with van der Waals surface area (Å²) < 4.78 is 0. The zero-order chi connectivity index (χ0) is 16.7. The van der Waals surface area contributed by atoms with Gasteiger partial charge in [0.05, 0.1) is 0 Å². The summed E-state index contributed by atoms with van der Waals surface area (Å²) in [5.41, 5.74) is 2.49. The zero-order valence-electron chi connectivity index (χ0n) is 14.1. The van der Waals surface area contributed by atoms with Crippen LogP contribution in [-0.2, 0) is 4.79 Å². The summed E-state index contributed by atoms with van der Waals surface area (Å²) >= 11 is 0. The van der Waals surface area contributed by atoms with Crippen molar-refractivity contribution in [2.45, 2.75) is 38.8 Å². The first kappa shape index (κ1) is 16.5. The lowest BCUT2D eigenvalue weighted by Gasteiger charge is -2.58. The Morgan fingerprint density at radius 3 is 1.70 bits per heavy atom. The average molecular weight is 321 g/mol. The fraction of sp³-hybridized carbons (Fsp3) is 0.350. The fourth-order valence-corrected chi connectivity index (χ4v) is 7.61. The summed E-state index contributed by atoms with van der Waals surface area (Å²) in [7, 11) is 5.15. The average Bonchev–Trinajstić information content (AvgIpc) is 2.52. The molecule has 0 heterocycles. The summed E-state index contributed by atoms with van der Waals surface area (Å²) in [6, 6.07) is 17.3. The molecule has 0 atom stereocenters. The Balaban J connectivity index is 2.11. The van der Waals surface area contributed by atoms with Gasteiger partial charge in [-0.15, -0.1) is 0 Å². The molecule has 1 saturated carbocycles. The maximum atomic E-state index is 11.1. The summed E-state index contributed by atoms with van der Waals surface area (Å²) in [5, 5.41) is 2.47. The highest BCUT2D eigenvalue weighted by Crippen LogP contribution is 2.70. The quantitative estimate of drug-likeness (QED) is 0.476. The van der Waals surface area contributed by atoms with E-state index in [0.29, 0.717) is 0 Å². The van der Waals surface area contributed by atoms with Gasteiger partial charge in [-0.1, -0.05) is 35.4 Å². The van der Waals surface area contributed by atoms with Gasteiger partial charge in [0.15, 0.2) is 0 Å². The molecule has 117 valence electrons. The molecule has 1 aliphatic carbocycles. The Hall–Kier alpha value is -1.40. The summed E-state index contributed by atoms with van der Waals surface area (Å²) in [4.78, 5) is 11.1. The molecule has 2 aromatic carbocycles. The van der Waals surface area contributed by atoms with Crippen molar-refractivity contribution in [3.63, 3.8) is 0 Å². The van der Waals surface area contributed by atoms with Crippen molar-refractivity contribution in [2.24, 2.45) is 5.92 Å². The standard InChI is InChI=1S/C20H23BOP/c1-15-4-8-18(9-5-15)23(21,19-10-6-16(2)7-11-19)20(3)12-17(13-20)14-22/h4-11,14,17H,12-13H2,1-3H3. The molecule has 1 fully saturated rings. The first-order valence-corrected chi connectivity index (χ1v) is 10.0. The van der Waals surface area contributed by atoms with Gasteiger partial charge in [-0.3, -0.25) is 7.57 Å². The van der Waals surface area contributed by atoms with E-state index in [1.807, 2.05) is 0 Å². The van der Waals surface area contributed by atoms with Gasteiger partial charge < -0.3 is 4.79 Å². The second-order valence-electron chi connectivity index (χ2n) is 7.20. The Bertz CT molecular complexity index is 654. The lowest BCUT2D eigenvalue weighted by atomic mass is 9.76. The molecule has 23 heavy (non-hydrogen) atoms. The summed E-state index contributed by atoms with van der Waals surface area (Å²) in [5.74, 6) is 0.166. The normalized spacial score (nSPS) is 24.1. The van der Waals surface area contributed by atoms with Crippen molar-refractivity contribution < 1.29 is 4.79 Å². The Kier molecular flexibility index (Phi) is 4.23. The number of aryl methyl sites for hydroxylation is 2. The van der Waals surface area contributed by atoms with E-state index >= 15 is 0 Å². The molecule has 0 unspecified atom stereocenters. The predicted molar refractivity (Wildman–Crippen MR) is 101 cm³/mol. The van der Waals surface area contributed by atoms with Gasteiger partial charge in [-0.05, 0) is 57.9 Å². The van der Waals surface area contributed by atoms with Crippen LogP contribution in [0.15, 0.2) is 48.5 Å². The van der Waals surface area contributed by atoms with Crippen LogP contribution < -0.4 is 10.6 Å². The second kappa shape index (κ2) is 5.91. The molecule has 1 nitrogen and oxygen atoms in total. The smallest absolute Gasteiger partial charge is 0.123 e. The van der Waals surface area contributed by atoms with Crippen LogP contribution in [0.2, 0.25) is 0 Å². The summed E-state index contributed by atoms with van der Waals surface area (Å²) in [6.45, 7) is 6.46. The zero-order valence-corrected chi connectivity index (χ0v) is 15.0. The van der Waals surface area contributed by atoms with E-state index in [1.165, 1.54) is 21.7 Å². The highest BCUT2D eigenvalue weighted by Gasteiger charge is 2.53. The molecule has 0 bridgehead atoms. The molecule has 3 heteroatoms. The Labute approximate surface area is 141 Å². The molecule has 2 aromatic rings. The number of carbonyl (C=O) groups excluding carboxylic acids is 1. The molecule has 1 aliphatic rings. The van der Waals surface area contributed by atoms with Crippen molar-refractivity contribution in [1.29, 1.82) is 0 Å². The number of aldehydes is 1. The molecule has 0 N–H and O–H groups in total. The molecule has 0 saturated heterocycles. The van der Waals surface area contributed by atoms with Crippen molar-refractivity contribution in [1.82, 2.24) is 0 Å². The van der Waals surface area contributed by atoms with Crippen molar-refractivity contribution in [2.75, 3.05) is 0 Å². The van der Waals surface area contributed by atoms with E-state index in [4.69, 9.17) is 7.57 Å². The minimum absolute atomic E-state index is 0.00307. The minimum atomic E-state index is -2.04. The largest absolute Gasteiger partial charge is 0.303 e. The first-order chi connectivity index (χ1) is 10.9. The molecule has 0 amide bonds. The van der Waals surface area contributed by atoms with Gasteiger partial charge in [-0.25, -0.2) is 0 Å². The first-order valence-electron chi connectivity index (χ1n) is 8.16. The maximum Gasteiger partial charge on any atom is 0.123 e. The van der Waals surface area contributed by atoms with E-state index < -0.39 is 7.14 Å². The highest BCUT2D eigenvalue weighted by molar-refractivity contribution is 8.09. The number of hydrogen-bond acceptors (Lipinski definition) is 1. The molecule has 0 spiro atoms. The van der Waals surface area contributed by atoms with Crippen LogP contribution in [0.1, 0.15) is 30.9 Å². The van der Waals surface area contributed by atoms with Crippen LogP contribution in [0.25, 0.3) is 0 Å². The molecule has 3 radical (unpaired) electrons. The third-order valence-corrected chi connectivity index (χ3v) is 9.62. The van der Waals surface area contributed by atoms with Gasteiger partial charge in [-0.2, -0.15) is 7.14 Å². The predicted octanol–water partition coefficient (Wildman–Crippen LogP) is 3.72. The maximum absolute atomic E-state index is 11.1. The Morgan fingerprint density at radius 1 is 0.957 bits per heavy atom.